The first-order chi connectivity index (χ1) is 12.4. The zero-order chi connectivity index (χ0) is 19.1. The van der Waals surface area contributed by atoms with Gasteiger partial charge in [-0.1, -0.05) is 6.07 Å². The summed E-state index contributed by atoms with van der Waals surface area (Å²) in [7, 11) is 0. The Morgan fingerprint density at radius 2 is 1.42 bits per heavy atom. The molecule has 0 aliphatic heterocycles. The molecular formula is C17H14F4N2O3. The average Bonchev–Trinajstić information content (AvgIpc) is 2.58. The van der Waals surface area contributed by atoms with Gasteiger partial charge in [0.2, 0.25) is 0 Å². The second-order valence-corrected chi connectivity index (χ2v) is 5.01. The summed E-state index contributed by atoms with van der Waals surface area (Å²) in [5.41, 5.74) is -0.508. The number of ether oxygens (including phenoxy) is 1. The minimum Gasteiger partial charge on any atom is -0.435 e. The fourth-order valence-corrected chi connectivity index (χ4v) is 2.04. The summed E-state index contributed by atoms with van der Waals surface area (Å²) in [6.07, 6.45) is 0. The molecule has 0 unspecified atom stereocenters. The van der Waals surface area contributed by atoms with Gasteiger partial charge in [-0.3, -0.25) is 9.59 Å². The van der Waals surface area contributed by atoms with Crippen LogP contribution in [-0.2, 0) is 0 Å². The molecule has 2 amide bonds. The Bertz CT molecular complexity index is 762. The molecule has 0 aliphatic rings. The number of alkyl halides is 2. The number of hydrogen-bond acceptors (Lipinski definition) is 3. The maximum absolute atomic E-state index is 13.4. The smallest absolute Gasteiger partial charge is 0.387 e. The van der Waals surface area contributed by atoms with Crippen LogP contribution in [0.25, 0.3) is 0 Å². The number of halogens is 4. The van der Waals surface area contributed by atoms with E-state index in [0.29, 0.717) is 0 Å². The fraction of sp³-hybridized carbons (Fsp3) is 0.176. The van der Waals surface area contributed by atoms with E-state index in [0.717, 1.165) is 18.2 Å². The molecule has 0 atom stereocenters. The van der Waals surface area contributed by atoms with Gasteiger partial charge in [0, 0.05) is 18.7 Å². The van der Waals surface area contributed by atoms with Crippen molar-refractivity contribution in [2.24, 2.45) is 0 Å². The van der Waals surface area contributed by atoms with E-state index in [4.69, 9.17) is 0 Å². The van der Waals surface area contributed by atoms with E-state index in [9.17, 15) is 27.2 Å². The van der Waals surface area contributed by atoms with Crippen LogP contribution >= 0.6 is 0 Å². The zero-order valence-electron chi connectivity index (χ0n) is 13.3. The Kier molecular flexibility index (Phi) is 6.54. The number of carbonyl (C=O) groups excluding carboxylic acids is 2. The van der Waals surface area contributed by atoms with Crippen LogP contribution in [0.4, 0.5) is 17.6 Å². The number of hydrogen-bond donors (Lipinski definition) is 2. The first kappa shape index (κ1) is 19.2. The summed E-state index contributed by atoms with van der Waals surface area (Å²) in [5.74, 6) is -3.52. The second-order valence-electron chi connectivity index (χ2n) is 5.01. The minimum absolute atomic E-state index is 0.00404. The van der Waals surface area contributed by atoms with Crippen molar-refractivity contribution < 1.29 is 31.9 Å². The average molecular weight is 370 g/mol. The van der Waals surface area contributed by atoms with Gasteiger partial charge < -0.3 is 15.4 Å². The van der Waals surface area contributed by atoms with Crippen LogP contribution in [0.15, 0.2) is 42.5 Å². The van der Waals surface area contributed by atoms with E-state index in [1.807, 2.05) is 0 Å². The number of carbonyl (C=O) groups is 2. The van der Waals surface area contributed by atoms with E-state index in [2.05, 4.69) is 15.4 Å². The lowest BCUT2D eigenvalue weighted by atomic mass is 10.2. The highest BCUT2D eigenvalue weighted by molar-refractivity contribution is 5.95. The van der Waals surface area contributed by atoms with Crippen molar-refractivity contribution in [2.45, 2.75) is 6.61 Å². The molecule has 2 aromatic rings. The first-order valence-electron chi connectivity index (χ1n) is 7.43. The van der Waals surface area contributed by atoms with Crippen LogP contribution in [0.5, 0.6) is 5.75 Å². The van der Waals surface area contributed by atoms with Gasteiger partial charge in [0.25, 0.3) is 11.8 Å². The Balaban J connectivity index is 1.80. The summed E-state index contributed by atoms with van der Waals surface area (Å²) in [5, 5.41) is 4.75. The molecule has 2 aromatic carbocycles. The van der Waals surface area contributed by atoms with Crippen LogP contribution in [0.1, 0.15) is 20.7 Å². The molecule has 5 nitrogen and oxygen atoms in total. The van der Waals surface area contributed by atoms with E-state index in [-0.39, 0.29) is 24.4 Å². The molecule has 0 saturated carbocycles. The highest BCUT2D eigenvalue weighted by Gasteiger charge is 2.16. The van der Waals surface area contributed by atoms with Gasteiger partial charge in [-0.25, -0.2) is 8.78 Å². The molecule has 9 heteroatoms. The highest BCUT2D eigenvalue weighted by atomic mass is 19.3. The van der Waals surface area contributed by atoms with E-state index >= 15 is 0 Å². The van der Waals surface area contributed by atoms with Crippen LogP contribution in [0.2, 0.25) is 0 Å². The van der Waals surface area contributed by atoms with Crippen molar-refractivity contribution in [1.29, 1.82) is 0 Å². The third kappa shape index (κ3) is 5.20. The quantitative estimate of drug-likeness (QED) is 0.582. The van der Waals surface area contributed by atoms with Gasteiger partial charge in [-0.15, -0.1) is 0 Å². The SMILES string of the molecule is O=C(NCCNC(=O)c1c(F)cccc1F)c1ccc(OC(F)F)cc1. The van der Waals surface area contributed by atoms with Crippen molar-refractivity contribution in [3.05, 3.63) is 65.2 Å². The summed E-state index contributed by atoms with van der Waals surface area (Å²) >= 11 is 0. The monoisotopic (exact) mass is 370 g/mol. The van der Waals surface area contributed by atoms with E-state index in [1.165, 1.54) is 24.3 Å². The molecule has 0 saturated heterocycles. The van der Waals surface area contributed by atoms with Crippen molar-refractivity contribution in [2.75, 3.05) is 13.1 Å². The maximum atomic E-state index is 13.4. The molecule has 0 aromatic heterocycles. The molecule has 0 aliphatic carbocycles. The molecule has 0 fully saturated rings. The van der Waals surface area contributed by atoms with Crippen LogP contribution in [0.3, 0.4) is 0 Å². The van der Waals surface area contributed by atoms with Gasteiger partial charge in [0.05, 0.1) is 0 Å². The lowest BCUT2D eigenvalue weighted by Gasteiger charge is -2.09. The second kappa shape index (κ2) is 8.84. The molecular weight excluding hydrogens is 356 g/mol. The largest absolute Gasteiger partial charge is 0.435 e. The molecule has 0 radical (unpaired) electrons. The maximum Gasteiger partial charge on any atom is 0.387 e. The van der Waals surface area contributed by atoms with Crippen molar-refractivity contribution in [1.82, 2.24) is 10.6 Å². The standard InChI is InChI=1S/C17H14F4N2O3/c18-12-2-1-3-13(19)14(12)16(25)23-9-8-22-15(24)10-4-6-11(7-5-10)26-17(20)21/h1-7,17H,8-9H2,(H,22,24)(H,23,25). The molecule has 138 valence electrons. The summed E-state index contributed by atoms with van der Waals surface area (Å²) in [4.78, 5) is 23.6. The molecule has 26 heavy (non-hydrogen) atoms. The van der Waals surface area contributed by atoms with E-state index in [1.54, 1.807) is 0 Å². The van der Waals surface area contributed by atoms with E-state index < -0.39 is 35.6 Å². The predicted octanol–water partition coefficient (Wildman–Crippen LogP) is 2.73. The molecule has 2 N–H and O–H groups in total. The third-order valence-corrected chi connectivity index (χ3v) is 3.23. The Morgan fingerprint density at radius 3 is 1.96 bits per heavy atom. The van der Waals surface area contributed by atoms with Gasteiger partial charge in [0.15, 0.2) is 0 Å². The molecule has 0 spiro atoms. The number of amides is 2. The number of rotatable bonds is 7. The first-order valence-corrected chi connectivity index (χ1v) is 7.43. The summed E-state index contributed by atoms with van der Waals surface area (Å²) in [6, 6.07) is 8.07. The van der Waals surface area contributed by atoms with Gasteiger partial charge >= 0.3 is 6.61 Å². The van der Waals surface area contributed by atoms with Crippen molar-refractivity contribution in [3.63, 3.8) is 0 Å². The third-order valence-electron chi connectivity index (χ3n) is 3.23. The number of benzene rings is 2. The van der Waals surface area contributed by atoms with Gasteiger partial charge in [0.1, 0.15) is 22.9 Å². The Hall–Kier alpha value is -3.10. The molecule has 0 bridgehead atoms. The zero-order valence-corrected chi connectivity index (χ0v) is 13.3. The van der Waals surface area contributed by atoms with Crippen LogP contribution in [0, 0.1) is 11.6 Å². The van der Waals surface area contributed by atoms with Crippen LogP contribution < -0.4 is 15.4 Å². The van der Waals surface area contributed by atoms with Gasteiger partial charge in [-0.2, -0.15) is 8.78 Å². The topological polar surface area (TPSA) is 67.4 Å². The number of nitrogens with one attached hydrogen (secondary N) is 2. The lowest BCUT2D eigenvalue weighted by Crippen LogP contribution is -2.35. The van der Waals surface area contributed by atoms with Crippen LogP contribution in [-0.4, -0.2) is 31.5 Å². The predicted molar refractivity (Wildman–Crippen MR) is 84.1 cm³/mol. The van der Waals surface area contributed by atoms with Gasteiger partial charge in [-0.05, 0) is 36.4 Å². The Morgan fingerprint density at radius 1 is 0.885 bits per heavy atom. The lowest BCUT2D eigenvalue weighted by molar-refractivity contribution is -0.0498. The van der Waals surface area contributed by atoms with Crippen molar-refractivity contribution in [3.8, 4) is 5.75 Å². The molecule has 2 rings (SSSR count). The van der Waals surface area contributed by atoms with Crippen molar-refractivity contribution >= 4 is 11.8 Å². The fourth-order valence-electron chi connectivity index (χ4n) is 2.04. The normalized spacial score (nSPS) is 10.5. The highest BCUT2D eigenvalue weighted by Crippen LogP contribution is 2.15. The summed E-state index contributed by atoms with van der Waals surface area (Å²) < 4.78 is 55.1. The molecule has 0 heterocycles. The summed E-state index contributed by atoms with van der Waals surface area (Å²) in [6.45, 7) is -3.03. The minimum atomic E-state index is -2.96. The Labute approximate surface area is 146 Å².